The van der Waals surface area contributed by atoms with Gasteiger partial charge in [0.15, 0.2) is 0 Å². The number of nitrogens with zero attached hydrogens (tertiary/aromatic N) is 2. The molecular weight excluding hydrogens is 262 g/mol. The van der Waals surface area contributed by atoms with Gasteiger partial charge in [-0.3, -0.25) is 4.79 Å². The van der Waals surface area contributed by atoms with Gasteiger partial charge in [0.05, 0.1) is 19.1 Å². The van der Waals surface area contributed by atoms with E-state index in [0.717, 1.165) is 16.8 Å². The highest BCUT2D eigenvalue weighted by atomic mass is 32.1. The fourth-order valence-corrected chi connectivity index (χ4v) is 2.12. The Kier molecular flexibility index (Phi) is 5.23. The Balaban J connectivity index is 3.04. The van der Waals surface area contributed by atoms with Crippen LogP contribution in [0.2, 0.25) is 0 Å². The third kappa shape index (κ3) is 3.89. The number of carbonyl (C=O) groups excluding carboxylic acids is 1. The lowest BCUT2D eigenvalue weighted by Gasteiger charge is -2.22. The molecule has 0 spiro atoms. The number of esters is 1. The van der Waals surface area contributed by atoms with Crippen LogP contribution in [-0.2, 0) is 9.53 Å². The van der Waals surface area contributed by atoms with Crippen LogP contribution in [0.25, 0.3) is 0 Å². The quantitative estimate of drug-likeness (QED) is 0.649. The highest BCUT2D eigenvalue weighted by molar-refractivity contribution is 7.80. The molecule has 0 saturated heterocycles. The molecule has 0 aromatic carbocycles. The molecule has 5 nitrogen and oxygen atoms in total. The molecule has 1 aromatic rings. The van der Waals surface area contributed by atoms with Gasteiger partial charge in [-0.05, 0) is 25.5 Å². The van der Waals surface area contributed by atoms with Crippen LogP contribution in [0.1, 0.15) is 23.2 Å². The second-order valence-electron chi connectivity index (χ2n) is 4.39. The van der Waals surface area contributed by atoms with E-state index in [0.29, 0.717) is 23.8 Å². The number of ether oxygens (including phenoxy) is 1. The normalized spacial score (nSPS) is 10.1. The van der Waals surface area contributed by atoms with Crippen LogP contribution in [0.15, 0.2) is 6.07 Å². The number of pyridine rings is 1. The Morgan fingerprint density at radius 1 is 1.53 bits per heavy atom. The van der Waals surface area contributed by atoms with Crippen LogP contribution in [0.4, 0.5) is 5.82 Å². The number of hydrogen-bond donors (Lipinski definition) is 1. The van der Waals surface area contributed by atoms with E-state index < -0.39 is 0 Å². The number of aryl methyl sites for hydroxylation is 2. The molecule has 0 unspecified atom stereocenters. The standard InChI is InChI=1S/C13H19N3O2S/c1-8-7-9(2)15-13(11(8)12(14)19)16(3)6-5-10(17)18-4/h7H,5-6H2,1-4H3,(H2,14,19). The summed E-state index contributed by atoms with van der Waals surface area (Å²) in [7, 11) is 3.23. The Bertz CT molecular complexity index is 503. The number of carbonyl (C=O) groups is 1. The fourth-order valence-electron chi connectivity index (χ4n) is 1.86. The van der Waals surface area contributed by atoms with E-state index in [-0.39, 0.29) is 5.97 Å². The van der Waals surface area contributed by atoms with Crippen molar-refractivity contribution in [1.82, 2.24) is 4.98 Å². The fraction of sp³-hybridized carbons (Fsp3) is 0.462. The van der Waals surface area contributed by atoms with Gasteiger partial charge in [0.25, 0.3) is 0 Å². The van der Waals surface area contributed by atoms with Gasteiger partial charge < -0.3 is 15.4 Å². The van der Waals surface area contributed by atoms with Gasteiger partial charge in [-0.25, -0.2) is 4.98 Å². The second-order valence-corrected chi connectivity index (χ2v) is 4.83. The minimum atomic E-state index is -0.256. The topological polar surface area (TPSA) is 68.5 Å². The van der Waals surface area contributed by atoms with Crippen molar-refractivity contribution in [3.8, 4) is 0 Å². The molecule has 0 saturated carbocycles. The number of methoxy groups -OCH3 is 1. The van der Waals surface area contributed by atoms with Gasteiger partial charge in [0.1, 0.15) is 10.8 Å². The molecule has 0 radical (unpaired) electrons. The SMILES string of the molecule is COC(=O)CCN(C)c1nc(C)cc(C)c1C(N)=S. The third-order valence-corrected chi connectivity index (χ3v) is 3.02. The molecule has 0 bridgehead atoms. The summed E-state index contributed by atoms with van der Waals surface area (Å²) in [5.41, 5.74) is 8.39. The van der Waals surface area contributed by atoms with Gasteiger partial charge in [0, 0.05) is 19.3 Å². The van der Waals surface area contributed by atoms with Gasteiger partial charge >= 0.3 is 5.97 Å². The molecule has 0 fully saturated rings. The summed E-state index contributed by atoms with van der Waals surface area (Å²) in [6.45, 7) is 4.35. The molecule has 1 aromatic heterocycles. The average Bonchev–Trinajstić information content (AvgIpc) is 2.33. The Morgan fingerprint density at radius 2 is 2.16 bits per heavy atom. The van der Waals surface area contributed by atoms with Gasteiger partial charge in [-0.2, -0.15) is 0 Å². The highest BCUT2D eigenvalue weighted by Gasteiger charge is 2.16. The predicted octanol–water partition coefficient (Wildman–Crippen LogP) is 1.33. The lowest BCUT2D eigenvalue weighted by Crippen LogP contribution is -2.27. The molecule has 0 aliphatic heterocycles. The zero-order chi connectivity index (χ0) is 14.6. The minimum absolute atomic E-state index is 0.256. The van der Waals surface area contributed by atoms with E-state index in [2.05, 4.69) is 9.72 Å². The van der Waals surface area contributed by atoms with Crippen molar-refractivity contribution in [2.24, 2.45) is 5.73 Å². The Labute approximate surface area is 118 Å². The summed E-state index contributed by atoms with van der Waals surface area (Å²) >= 11 is 5.08. The van der Waals surface area contributed by atoms with Gasteiger partial charge in [0.2, 0.25) is 0 Å². The van der Waals surface area contributed by atoms with E-state index >= 15 is 0 Å². The molecule has 0 atom stereocenters. The summed E-state index contributed by atoms with van der Waals surface area (Å²) in [4.78, 5) is 17.8. The molecular formula is C13H19N3O2S. The Morgan fingerprint density at radius 3 is 2.68 bits per heavy atom. The maximum absolute atomic E-state index is 11.2. The van der Waals surface area contributed by atoms with E-state index in [1.807, 2.05) is 31.9 Å². The van der Waals surface area contributed by atoms with Crippen LogP contribution in [-0.4, -0.2) is 36.6 Å². The zero-order valence-corrected chi connectivity index (χ0v) is 12.5. The third-order valence-electron chi connectivity index (χ3n) is 2.81. The van der Waals surface area contributed by atoms with E-state index in [4.69, 9.17) is 18.0 Å². The number of anilines is 1. The summed E-state index contributed by atoms with van der Waals surface area (Å²) in [5, 5.41) is 0. The first kappa shape index (κ1) is 15.4. The minimum Gasteiger partial charge on any atom is -0.469 e. The average molecular weight is 281 g/mol. The molecule has 1 rings (SSSR count). The van der Waals surface area contributed by atoms with E-state index in [1.165, 1.54) is 7.11 Å². The van der Waals surface area contributed by atoms with Crippen LogP contribution < -0.4 is 10.6 Å². The monoisotopic (exact) mass is 281 g/mol. The first-order chi connectivity index (χ1) is 8.86. The van der Waals surface area contributed by atoms with E-state index in [1.54, 1.807) is 0 Å². The molecule has 0 aliphatic carbocycles. The molecule has 104 valence electrons. The van der Waals surface area contributed by atoms with Crippen LogP contribution in [0, 0.1) is 13.8 Å². The number of thiocarbonyl (C=S) groups is 1. The van der Waals surface area contributed by atoms with Gasteiger partial charge in [-0.1, -0.05) is 12.2 Å². The number of aromatic nitrogens is 1. The highest BCUT2D eigenvalue weighted by Crippen LogP contribution is 2.21. The van der Waals surface area contributed by atoms with Crippen LogP contribution >= 0.6 is 12.2 Å². The van der Waals surface area contributed by atoms with Crippen molar-refractivity contribution in [2.45, 2.75) is 20.3 Å². The van der Waals surface area contributed by atoms with Gasteiger partial charge in [-0.15, -0.1) is 0 Å². The summed E-state index contributed by atoms with van der Waals surface area (Å²) in [5.74, 6) is 0.446. The van der Waals surface area contributed by atoms with Crippen molar-refractivity contribution in [3.63, 3.8) is 0 Å². The number of rotatable bonds is 5. The zero-order valence-electron chi connectivity index (χ0n) is 11.7. The maximum atomic E-state index is 11.2. The van der Waals surface area contributed by atoms with E-state index in [9.17, 15) is 4.79 Å². The van der Waals surface area contributed by atoms with Crippen molar-refractivity contribution in [1.29, 1.82) is 0 Å². The predicted molar refractivity (Wildman–Crippen MR) is 79.5 cm³/mol. The lowest BCUT2D eigenvalue weighted by molar-refractivity contribution is -0.140. The number of nitrogens with two attached hydrogens (primary N) is 1. The maximum Gasteiger partial charge on any atom is 0.307 e. The first-order valence-electron chi connectivity index (χ1n) is 5.92. The summed E-state index contributed by atoms with van der Waals surface area (Å²) in [6, 6.07) is 1.94. The van der Waals surface area contributed by atoms with Crippen LogP contribution in [0.3, 0.4) is 0 Å². The molecule has 6 heteroatoms. The summed E-state index contributed by atoms with van der Waals surface area (Å²) in [6.07, 6.45) is 0.290. The molecule has 19 heavy (non-hydrogen) atoms. The smallest absolute Gasteiger partial charge is 0.307 e. The summed E-state index contributed by atoms with van der Waals surface area (Å²) < 4.78 is 4.63. The van der Waals surface area contributed by atoms with Crippen molar-refractivity contribution in [2.75, 3.05) is 25.6 Å². The number of hydrogen-bond acceptors (Lipinski definition) is 5. The molecule has 2 N–H and O–H groups in total. The Hall–Kier alpha value is -1.69. The van der Waals surface area contributed by atoms with Crippen LogP contribution in [0.5, 0.6) is 0 Å². The molecule has 1 heterocycles. The van der Waals surface area contributed by atoms with Crippen molar-refractivity contribution < 1.29 is 9.53 Å². The molecule has 0 amide bonds. The second kappa shape index (κ2) is 6.47. The first-order valence-corrected chi connectivity index (χ1v) is 6.33. The van der Waals surface area contributed by atoms with Crippen molar-refractivity contribution in [3.05, 3.63) is 22.9 Å². The van der Waals surface area contributed by atoms with Crippen molar-refractivity contribution >= 4 is 29.0 Å². The largest absolute Gasteiger partial charge is 0.469 e. The lowest BCUT2D eigenvalue weighted by atomic mass is 10.1. The molecule has 0 aliphatic rings.